The summed E-state index contributed by atoms with van der Waals surface area (Å²) in [6.07, 6.45) is -1.36. The van der Waals surface area contributed by atoms with E-state index in [9.17, 15) is 15.2 Å². The monoisotopic (exact) mass is 439 g/mol. The van der Waals surface area contributed by atoms with Crippen molar-refractivity contribution < 1.29 is 58.4 Å². The number of nitrogens with zero attached hydrogens (tertiary/aromatic N) is 1. The van der Waals surface area contributed by atoms with Crippen LogP contribution < -0.4 is 53.6 Å². The molecule has 1 aliphatic rings. The molecule has 0 bridgehead atoms. The molecule has 156 valence electrons. The minimum Gasteiger partial charge on any atom is -0.546 e. The zero-order valence-corrected chi connectivity index (χ0v) is 19.7. The molecule has 8 heteroatoms. The number of benzene rings is 3. The molecule has 0 saturated carbocycles. The quantitative estimate of drug-likeness (QED) is 0.480. The molecule has 3 aromatic rings. The third-order valence-corrected chi connectivity index (χ3v) is 4.85. The average Bonchev–Trinajstić information content (AvgIpc) is 3.24. The van der Waals surface area contributed by atoms with Crippen LogP contribution >= 0.6 is 0 Å². The Morgan fingerprint density at radius 2 is 1.91 bits per heavy atom. The maximum absolute atomic E-state index is 11.8. The first-order valence-electron chi connectivity index (χ1n) is 9.53. The van der Waals surface area contributed by atoms with Gasteiger partial charge in [-0.3, -0.25) is 0 Å². The summed E-state index contributed by atoms with van der Waals surface area (Å²) < 4.78 is 22.2. The summed E-state index contributed by atoms with van der Waals surface area (Å²) in [6.45, 7) is 2.21. The summed E-state index contributed by atoms with van der Waals surface area (Å²) in [5.41, 5.74) is 2.25. The Kier molecular flexibility index (Phi) is 7.65. The van der Waals surface area contributed by atoms with Crippen LogP contribution in [-0.2, 0) is 11.4 Å². The van der Waals surface area contributed by atoms with Gasteiger partial charge in [0.25, 0.3) is 0 Å². The number of aliphatic carboxylic acids is 1. The van der Waals surface area contributed by atoms with E-state index in [1.54, 1.807) is 43.3 Å². The van der Waals surface area contributed by atoms with Gasteiger partial charge in [0.2, 0.25) is 6.79 Å². The van der Waals surface area contributed by atoms with E-state index in [-0.39, 0.29) is 54.3 Å². The Labute approximate surface area is 207 Å². The number of rotatable bonds is 7. The predicted octanol–water partition coefficient (Wildman–Crippen LogP) is 0.0484. The molecule has 0 saturated heterocycles. The fourth-order valence-electron chi connectivity index (χ4n) is 3.23. The maximum Gasteiger partial charge on any atom is 1.00 e. The van der Waals surface area contributed by atoms with Crippen molar-refractivity contribution >= 4 is 5.97 Å². The Balaban J connectivity index is 0.00000289. The van der Waals surface area contributed by atoms with E-state index < -0.39 is 12.1 Å². The van der Waals surface area contributed by atoms with Crippen LogP contribution in [0, 0.1) is 18.3 Å². The number of carbonyl (C=O) groups is 1. The van der Waals surface area contributed by atoms with E-state index in [1.807, 2.05) is 18.2 Å². The average molecular weight is 439 g/mol. The van der Waals surface area contributed by atoms with Crippen molar-refractivity contribution in [2.75, 3.05) is 6.79 Å². The van der Waals surface area contributed by atoms with Gasteiger partial charge in [-0.15, -0.1) is 0 Å². The van der Waals surface area contributed by atoms with E-state index in [0.29, 0.717) is 22.8 Å². The molecule has 4 rings (SSSR count). The minimum absolute atomic E-state index is 0. The topological polar surface area (TPSA) is 101 Å². The number of carboxylic acid groups (broad SMARTS) is 1. The molecule has 1 aliphatic heterocycles. The van der Waals surface area contributed by atoms with Crippen LogP contribution in [0.2, 0.25) is 0 Å². The largest absolute Gasteiger partial charge is 1.00 e. The summed E-state index contributed by atoms with van der Waals surface area (Å²) in [7, 11) is 0. The van der Waals surface area contributed by atoms with Crippen molar-refractivity contribution in [3.05, 3.63) is 82.9 Å². The van der Waals surface area contributed by atoms with Crippen LogP contribution in [0.15, 0.2) is 60.7 Å². The van der Waals surface area contributed by atoms with Gasteiger partial charge < -0.3 is 28.8 Å². The van der Waals surface area contributed by atoms with Crippen molar-refractivity contribution in [2.45, 2.75) is 19.6 Å². The van der Waals surface area contributed by atoms with Crippen LogP contribution in [0.1, 0.15) is 28.4 Å². The van der Waals surface area contributed by atoms with Crippen molar-refractivity contribution in [3.8, 4) is 29.1 Å². The Hall–Kier alpha value is -3.18. The molecule has 1 unspecified atom stereocenters. The molecule has 7 nitrogen and oxygen atoms in total. The summed E-state index contributed by atoms with van der Waals surface area (Å²) >= 11 is 0. The fraction of sp³-hybridized carbons (Fsp3) is 0.167. The molecular formula is C24H18NNaO6. The van der Waals surface area contributed by atoms with Crippen LogP contribution in [-0.4, -0.2) is 12.8 Å². The zero-order valence-electron chi connectivity index (χ0n) is 17.7. The standard InChI is InChI=1S/C24H19NO6.Na/c1-15-4-2-3-5-19(15)23(24(26)27)31-21-11-18(8-7-17(21)12-25)28-13-16-6-9-20-22(10-16)30-14-29-20;/h2-11,23H,13-14H2,1H3,(H,26,27);/q;+1/p-1. The molecule has 0 radical (unpaired) electrons. The SMILES string of the molecule is Cc1ccccc1C(Oc1cc(OCc2ccc3c(c2)OCO3)ccc1C#N)C(=O)[O-].[Na+]. The van der Waals surface area contributed by atoms with Gasteiger partial charge in [-0.05, 0) is 42.3 Å². The van der Waals surface area contributed by atoms with Gasteiger partial charge in [-0.2, -0.15) is 5.26 Å². The number of carbonyl (C=O) groups excluding carboxylic acids is 1. The molecule has 1 atom stereocenters. The van der Waals surface area contributed by atoms with Crippen LogP contribution in [0.5, 0.6) is 23.0 Å². The summed E-state index contributed by atoms with van der Waals surface area (Å²) in [5, 5.41) is 21.2. The number of carboxylic acids is 1. The molecule has 0 spiro atoms. The van der Waals surface area contributed by atoms with Gasteiger partial charge in [-0.25, -0.2) is 0 Å². The summed E-state index contributed by atoms with van der Waals surface area (Å²) in [5.74, 6) is 0.462. The first-order valence-corrected chi connectivity index (χ1v) is 9.53. The van der Waals surface area contributed by atoms with Gasteiger partial charge in [0, 0.05) is 11.6 Å². The number of hydrogen-bond acceptors (Lipinski definition) is 7. The second-order valence-corrected chi connectivity index (χ2v) is 6.92. The molecule has 32 heavy (non-hydrogen) atoms. The summed E-state index contributed by atoms with van der Waals surface area (Å²) in [6, 6.07) is 19.1. The van der Waals surface area contributed by atoms with E-state index in [0.717, 1.165) is 11.1 Å². The Bertz CT molecular complexity index is 1170. The maximum atomic E-state index is 11.8. The third kappa shape index (κ3) is 5.17. The van der Waals surface area contributed by atoms with Crippen molar-refractivity contribution in [3.63, 3.8) is 0 Å². The first kappa shape index (κ1) is 23.5. The second-order valence-electron chi connectivity index (χ2n) is 6.92. The number of nitriles is 1. The molecule has 0 aliphatic carbocycles. The van der Waals surface area contributed by atoms with Gasteiger partial charge in [0.05, 0.1) is 11.5 Å². The van der Waals surface area contributed by atoms with Crippen molar-refractivity contribution in [1.29, 1.82) is 5.26 Å². The number of ether oxygens (including phenoxy) is 4. The summed E-state index contributed by atoms with van der Waals surface area (Å²) in [4.78, 5) is 11.8. The number of aryl methyl sites for hydroxylation is 1. The molecular weight excluding hydrogens is 421 g/mol. The van der Waals surface area contributed by atoms with Gasteiger partial charge in [-0.1, -0.05) is 30.3 Å². The van der Waals surface area contributed by atoms with Gasteiger partial charge >= 0.3 is 29.6 Å². The molecule has 0 fully saturated rings. The molecule has 0 amide bonds. The predicted molar refractivity (Wildman–Crippen MR) is 108 cm³/mol. The van der Waals surface area contributed by atoms with Gasteiger partial charge in [0.15, 0.2) is 17.6 Å². The molecule has 0 N–H and O–H groups in total. The number of hydrogen-bond donors (Lipinski definition) is 0. The Morgan fingerprint density at radius 1 is 1.12 bits per heavy atom. The van der Waals surface area contributed by atoms with Crippen LogP contribution in [0.25, 0.3) is 0 Å². The second kappa shape index (κ2) is 10.4. The van der Waals surface area contributed by atoms with E-state index in [2.05, 4.69) is 0 Å². The van der Waals surface area contributed by atoms with E-state index in [1.165, 1.54) is 12.1 Å². The smallest absolute Gasteiger partial charge is 0.546 e. The van der Waals surface area contributed by atoms with Crippen molar-refractivity contribution in [1.82, 2.24) is 0 Å². The van der Waals surface area contributed by atoms with Gasteiger partial charge in [0.1, 0.15) is 24.2 Å². The third-order valence-electron chi connectivity index (χ3n) is 4.85. The normalized spacial score (nSPS) is 12.2. The van der Waals surface area contributed by atoms with Crippen LogP contribution in [0.4, 0.5) is 0 Å². The Morgan fingerprint density at radius 3 is 2.66 bits per heavy atom. The first-order chi connectivity index (χ1) is 15.0. The molecule has 0 aromatic heterocycles. The van der Waals surface area contributed by atoms with E-state index in [4.69, 9.17) is 18.9 Å². The minimum atomic E-state index is -1.40. The fourth-order valence-corrected chi connectivity index (χ4v) is 3.23. The molecule has 1 heterocycles. The van der Waals surface area contributed by atoms with Crippen LogP contribution in [0.3, 0.4) is 0 Å². The van der Waals surface area contributed by atoms with Crippen molar-refractivity contribution in [2.24, 2.45) is 0 Å². The zero-order chi connectivity index (χ0) is 21.8. The number of fused-ring (bicyclic) bond motifs is 1. The molecule has 3 aromatic carbocycles. The van der Waals surface area contributed by atoms with E-state index >= 15 is 0 Å².